The molecule has 2 unspecified atom stereocenters. The largest absolute Gasteiger partial charge is 0.505 e. The fourth-order valence-corrected chi connectivity index (χ4v) is 3.27. The van der Waals surface area contributed by atoms with Gasteiger partial charge in [-0.3, -0.25) is 0 Å². The first-order chi connectivity index (χ1) is 15.0. The third-order valence-electron chi connectivity index (χ3n) is 4.90. The van der Waals surface area contributed by atoms with Gasteiger partial charge >= 0.3 is 5.97 Å². The van der Waals surface area contributed by atoms with Crippen LogP contribution in [0.5, 0.6) is 0 Å². The highest BCUT2D eigenvalue weighted by Gasteiger charge is 2.58. The molecule has 8 N–H and O–H groups in total. The van der Waals surface area contributed by atoms with Crippen LogP contribution in [0.2, 0.25) is 0 Å². The standard InChI is InChI=1S/C19H30O13/c1-8(2)6-29-7-11-12(24)13(25)17(27)19(31-11,3-9(22)4-20)32-16-14(26)15(10(23)5-21)30-18(16)28/h6,9-13,15,17,20-27H,3-5,7H2,1-2H3/t9?,10-,11+,12+,13-,15+,17+,19?/m0/s1. The van der Waals surface area contributed by atoms with Gasteiger partial charge in [0.25, 0.3) is 0 Å². The maximum absolute atomic E-state index is 12.2. The van der Waals surface area contributed by atoms with Crippen molar-refractivity contribution in [1.82, 2.24) is 0 Å². The second-order valence-electron chi connectivity index (χ2n) is 7.86. The highest BCUT2D eigenvalue weighted by Crippen LogP contribution is 2.39. The van der Waals surface area contributed by atoms with Gasteiger partial charge in [-0.1, -0.05) is 0 Å². The predicted octanol–water partition coefficient (Wildman–Crippen LogP) is -3.09. The van der Waals surface area contributed by atoms with Gasteiger partial charge in [-0.15, -0.1) is 0 Å². The van der Waals surface area contributed by atoms with E-state index in [2.05, 4.69) is 0 Å². The van der Waals surface area contributed by atoms with E-state index in [4.69, 9.17) is 24.1 Å². The van der Waals surface area contributed by atoms with Crippen LogP contribution < -0.4 is 0 Å². The van der Waals surface area contributed by atoms with Crippen molar-refractivity contribution in [3.63, 3.8) is 0 Å². The highest BCUT2D eigenvalue weighted by atomic mass is 16.7. The van der Waals surface area contributed by atoms with Crippen LogP contribution in [0, 0.1) is 0 Å². The molecule has 1 saturated heterocycles. The molecule has 0 aromatic rings. The number of esters is 1. The summed E-state index contributed by atoms with van der Waals surface area (Å²) in [6.45, 7) is 1.45. The van der Waals surface area contributed by atoms with Crippen LogP contribution in [-0.2, 0) is 23.7 Å². The molecule has 0 radical (unpaired) electrons. The van der Waals surface area contributed by atoms with Crippen molar-refractivity contribution in [2.75, 3.05) is 19.8 Å². The predicted molar refractivity (Wildman–Crippen MR) is 102 cm³/mol. The zero-order valence-corrected chi connectivity index (χ0v) is 17.6. The minimum Gasteiger partial charge on any atom is -0.505 e. The molecule has 2 aliphatic rings. The van der Waals surface area contributed by atoms with E-state index in [0.29, 0.717) is 0 Å². The SMILES string of the molecule is CC(C)=COC[C@H]1OC(CC(O)CO)(OC2=C(O)[C@@H]([C@@H](O)CO)OC2=O)[C@H](O)[C@@H](O)[C@@H]1O. The lowest BCUT2D eigenvalue weighted by Crippen LogP contribution is -2.67. The van der Waals surface area contributed by atoms with Crippen molar-refractivity contribution in [3.05, 3.63) is 23.4 Å². The average Bonchev–Trinajstić information content (AvgIpc) is 3.02. The summed E-state index contributed by atoms with van der Waals surface area (Å²) in [6.07, 6.45) is -11.3. The first-order valence-corrected chi connectivity index (χ1v) is 9.85. The Morgan fingerprint density at radius 1 is 1.16 bits per heavy atom. The zero-order valence-electron chi connectivity index (χ0n) is 17.6. The Kier molecular flexibility index (Phi) is 8.84. The summed E-state index contributed by atoms with van der Waals surface area (Å²) in [5.41, 5.74) is 0.770. The molecule has 2 heterocycles. The molecule has 0 saturated carbocycles. The number of rotatable bonds is 10. The van der Waals surface area contributed by atoms with Gasteiger partial charge < -0.3 is 59.8 Å². The Hall–Kier alpha value is -1.97. The quantitative estimate of drug-likeness (QED) is 0.118. The Balaban J connectivity index is 2.42. The van der Waals surface area contributed by atoms with Gasteiger partial charge in [-0.25, -0.2) is 4.79 Å². The van der Waals surface area contributed by atoms with Gasteiger partial charge in [0, 0.05) is 6.42 Å². The van der Waals surface area contributed by atoms with Crippen molar-refractivity contribution < 1.29 is 64.6 Å². The van der Waals surface area contributed by atoms with E-state index < -0.39 is 85.6 Å². The third-order valence-corrected chi connectivity index (χ3v) is 4.90. The maximum atomic E-state index is 12.2. The van der Waals surface area contributed by atoms with Gasteiger partial charge in [-0.2, -0.15) is 0 Å². The van der Waals surface area contributed by atoms with E-state index in [-0.39, 0.29) is 6.61 Å². The summed E-state index contributed by atoms with van der Waals surface area (Å²) >= 11 is 0. The smallest absolute Gasteiger partial charge is 0.378 e. The molecular weight excluding hydrogens is 436 g/mol. The number of carbonyl (C=O) groups is 1. The number of carbonyl (C=O) groups excluding carboxylic acids is 1. The van der Waals surface area contributed by atoms with Crippen LogP contribution in [0.1, 0.15) is 20.3 Å². The van der Waals surface area contributed by atoms with Crippen LogP contribution in [0.25, 0.3) is 0 Å². The number of hydrogen-bond acceptors (Lipinski definition) is 13. The molecular formula is C19H30O13. The van der Waals surface area contributed by atoms with Crippen molar-refractivity contribution in [3.8, 4) is 0 Å². The molecule has 0 aromatic heterocycles. The number of aliphatic hydroxyl groups excluding tert-OH is 8. The molecule has 0 amide bonds. The maximum Gasteiger partial charge on any atom is 0.378 e. The van der Waals surface area contributed by atoms with Crippen LogP contribution in [0.3, 0.4) is 0 Å². The normalized spacial score (nSPS) is 34.7. The lowest BCUT2D eigenvalue weighted by molar-refractivity contribution is -0.360. The molecule has 0 aromatic carbocycles. The first kappa shape index (κ1) is 26.3. The Morgan fingerprint density at radius 2 is 1.81 bits per heavy atom. The van der Waals surface area contributed by atoms with E-state index in [1.54, 1.807) is 13.8 Å². The molecule has 1 fully saturated rings. The average molecular weight is 466 g/mol. The molecule has 8 atom stereocenters. The van der Waals surface area contributed by atoms with Crippen molar-refractivity contribution in [2.45, 2.75) is 68.8 Å². The summed E-state index contributed by atoms with van der Waals surface area (Å²) < 4.78 is 21.1. The highest BCUT2D eigenvalue weighted by molar-refractivity contribution is 5.89. The van der Waals surface area contributed by atoms with Crippen molar-refractivity contribution in [2.24, 2.45) is 0 Å². The molecule has 13 nitrogen and oxygen atoms in total. The molecule has 2 rings (SSSR count). The summed E-state index contributed by atoms with van der Waals surface area (Å²) in [5.74, 6) is -5.59. The van der Waals surface area contributed by atoms with Crippen molar-refractivity contribution >= 4 is 5.97 Å². The van der Waals surface area contributed by atoms with Crippen LogP contribution in [-0.4, -0.2) is 115 Å². The number of ether oxygens (including phenoxy) is 4. The molecule has 0 aliphatic carbocycles. The van der Waals surface area contributed by atoms with E-state index in [9.17, 15) is 40.5 Å². The second kappa shape index (κ2) is 10.8. The number of aliphatic hydroxyl groups is 8. The Labute approximate surface area is 183 Å². The zero-order chi connectivity index (χ0) is 24.2. The van der Waals surface area contributed by atoms with Gasteiger partial charge in [0.2, 0.25) is 11.5 Å². The van der Waals surface area contributed by atoms with Crippen LogP contribution >= 0.6 is 0 Å². The summed E-state index contributed by atoms with van der Waals surface area (Å²) in [4.78, 5) is 12.2. The lowest BCUT2D eigenvalue weighted by Gasteiger charge is -2.48. The molecule has 184 valence electrons. The fourth-order valence-electron chi connectivity index (χ4n) is 3.27. The molecule has 13 heteroatoms. The van der Waals surface area contributed by atoms with Gasteiger partial charge in [0.15, 0.2) is 11.9 Å². The van der Waals surface area contributed by atoms with Gasteiger partial charge in [0.05, 0.1) is 25.6 Å². The fraction of sp³-hybridized carbons (Fsp3) is 0.737. The van der Waals surface area contributed by atoms with Gasteiger partial charge in [-0.05, 0) is 19.4 Å². The molecule has 2 aliphatic heterocycles. The van der Waals surface area contributed by atoms with Gasteiger partial charge in [0.1, 0.15) is 37.1 Å². The summed E-state index contributed by atoms with van der Waals surface area (Å²) in [5, 5.41) is 79.6. The van der Waals surface area contributed by atoms with E-state index in [1.165, 1.54) is 6.26 Å². The Bertz CT molecular complexity index is 718. The van der Waals surface area contributed by atoms with E-state index in [1.807, 2.05) is 0 Å². The molecule has 0 bridgehead atoms. The first-order valence-electron chi connectivity index (χ1n) is 9.85. The second-order valence-corrected chi connectivity index (χ2v) is 7.86. The van der Waals surface area contributed by atoms with Crippen molar-refractivity contribution in [1.29, 1.82) is 0 Å². The molecule has 32 heavy (non-hydrogen) atoms. The van der Waals surface area contributed by atoms with Crippen LogP contribution in [0.4, 0.5) is 0 Å². The van der Waals surface area contributed by atoms with E-state index >= 15 is 0 Å². The minimum atomic E-state index is -2.46. The number of hydrogen-bond donors (Lipinski definition) is 8. The minimum absolute atomic E-state index is 0.336. The molecule has 0 spiro atoms. The number of cyclic esters (lactones) is 1. The summed E-state index contributed by atoms with van der Waals surface area (Å²) in [6, 6.07) is 0. The van der Waals surface area contributed by atoms with E-state index in [0.717, 1.165) is 5.57 Å². The monoisotopic (exact) mass is 466 g/mol. The number of allylic oxidation sites excluding steroid dienone is 1. The third kappa shape index (κ3) is 5.50. The topological polar surface area (TPSA) is 216 Å². The Morgan fingerprint density at radius 3 is 2.38 bits per heavy atom. The lowest BCUT2D eigenvalue weighted by atomic mass is 9.89. The summed E-state index contributed by atoms with van der Waals surface area (Å²) in [7, 11) is 0. The van der Waals surface area contributed by atoms with Crippen LogP contribution in [0.15, 0.2) is 23.4 Å².